The van der Waals surface area contributed by atoms with E-state index >= 15 is 0 Å². The van der Waals surface area contributed by atoms with Gasteiger partial charge in [0.25, 0.3) is 0 Å². The molecular formula is C17H21FN4O2. The third-order valence-electron chi connectivity index (χ3n) is 4.12. The smallest absolute Gasteiger partial charge is 0.228 e. The van der Waals surface area contributed by atoms with Crippen molar-refractivity contribution in [3.8, 4) is 11.6 Å². The van der Waals surface area contributed by atoms with Crippen molar-refractivity contribution in [2.24, 2.45) is 0 Å². The number of hydrogen-bond donors (Lipinski definition) is 0. The van der Waals surface area contributed by atoms with Crippen LogP contribution in [0, 0.1) is 5.82 Å². The number of piperazine rings is 1. The van der Waals surface area contributed by atoms with Crippen LogP contribution in [0.3, 0.4) is 0 Å². The zero-order valence-corrected chi connectivity index (χ0v) is 13.9. The van der Waals surface area contributed by atoms with Crippen molar-refractivity contribution in [3.05, 3.63) is 41.8 Å². The topological polar surface area (TPSA) is 50.7 Å². The molecule has 6 nitrogen and oxygen atoms in total. The molecule has 3 rings (SSSR count). The standard InChI is InChI=1S/C17H21FN4O2/c1-23-15-4-3-14(18)11-13(15)12-21-7-9-22(10-8-21)17-19-6-5-16(20-17)24-2/h3-6,11H,7-10,12H2,1-2H3. The van der Waals surface area contributed by atoms with E-state index in [9.17, 15) is 4.39 Å². The van der Waals surface area contributed by atoms with Gasteiger partial charge < -0.3 is 14.4 Å². The van der Waals surface area contributed by atoms with E-state index in [1.54, 1.807) is 32.5 Å². The molecule has 0 unspecified atom stereocenters. The predicted octanol–water partition coefficient (Wildman–Crippen LogP) is 1.96. The number of halogens is 1. The Hall–Kier alpha value is -2.41. The summed E-state index contributed by atoms with van der Waals surface area (Å²) in [6.07, 6.45) is 1.70. The molecule has 1 aromatic carbocycles. The molecular weight excluding hydrogens is 311 g/mol. The minimum absolute atomic E-state index is 0.241. The summed E-state index contributed by atoms with van der Waals surface area (Å²) in [5, 5.41) is 0. The van der Waals surface area contributed by atoms with Crippen LogP contribution in [0.25, 0.3) is 0 Å². The van der Waals surface area contributed by atoms with Crippen molar-refractivity contribution in [2.45, 2.75) is 6.54 Å². The van der Waals surface area contributed by atoms with Gasteiger partial charge in [0.2, 0.25) is 11.8 Å². The van der Waals surface area contributed by atoms with E-state index in [1.165, 1.54) is 12.1 Å². The van der Waals surface area contributed by atoms with Gasteiger partial charge in [-0.15, -0.1) is 0 Å². The summed E-state index contributed by atoms with van der Waals surface area (Å²) in [5.74, 6) is 1.72. The first-order valence-electron chi connectivity index (χ1n) is 7.86. The van der Waals surface area contributed by atoms with Gasteiger partial charge in [-0.3, -0.25) is 4.90 Å². The lowest BCUT2D eigenvalue weighted by molar-refractivity contribution is 0.244. The van der Waals surface area contributed by atoms with Crippen molar-refractivity contribution in [1.29, 1.82) is 0 Å². The molecule has 2 heterocycles. The first-order chi connectivity index (χ1) is 11.7. The molecule has 1 saturated heterocycles. The van der Waals surface area contributed by atoms with Crippen LogP contribution in [0.4, 0.5) is 10.3 Å². The Bertz CT molecular complexity index is 690. The van der Waals surface area contributed by atoms with Gasteiger partial charge in [-0.1, -0.05) is 0 Å². The Morgan fingerprint density at radius 2 is 1.88 bits per heavy atom. The summed E-state index contributed by atoms with van der Waals surface area (Å²) in [5.41, 5.74) is 0.864. The number of hydrogen-bond acceptors (Lipinski definition) is 6. The number of methoxy groups -OCH3 is 2. The zero-order chi connectivity index (χ0) is 16.9. The number of benzene rings is 1. The fourth-order valence-corrected chi connectivity index (χ4v) is 2.82. The maximum Gasteiger partial charge on any atom is 0.228 e. The number of anilines is 1. The van der Waals surface area contributed by atoms with Crippen molar-refractivity contribution < 1.29 is 13.9 Å². The highest BCUT2D eigenvalue weighted by atomic mass is 19.1. The van der Waals surface area contributed by atoms with E-state index in [-0.39, 0.29) is 5.82 Å². The molecule has 0 N–H and O–H groups in total. The number of nitrogens with zero attached hydrogens (tertiary/aromatic N) is 4. The third-order valence-corrected chi connectivity index (χ3v) is 4.12. The lowest BCUT2D eigenvalue weighted by Gasteiger charge is -2.34. The van der Waals surface area contributed by atoms with Crippen LogP contribution in [-0.4, -0.2) is 55.3 Å². The molecule has 0 amide bonds. The lowest BCUT2D eigenvalue weighted by Crippen LogP contribution is -2.46. The molecule has 1 fully saturated rings. The second-order valence-electron chi connectivity index (χ2n) is 5.62. The Labute approximate surface area is 140 Å². The molecule has 0 saturated carbocycles. The molecule has 24 heavy (non-hydrogen) atoms. The summed E-state index contributed by atoms with van der Waals surface area (Å²) >= 11 is 0. The maximum atomic E-state index is 13.5. The minimum Gasteiger partial charge on any atom is -0.496 e. The minimum atomic E-state index is -0.241. The monoisotopic (exact) mass is 332 g/mol. The number of rotatable bonds is 5. The normalized spacial score (nSPS) is 15.4. The Morgan fingerprint density at radius 3 is 2.58 bits per heavy atom. The Balaban J connectivity index is 1.62. The first kappa shape index (κ1) is 16.4. The van der Waals surface area contributed by atoms with Crippen LogP contribution in [0.15, 0.2) is 30.5 Å². The summed E-state index contributed by atoms with van der Waals surface area (Å²) in [6, 6.07) is 6.36. The molecule has 2 aromatic rings. The average Bonchev–Trinajstić information content (AvgIpc) is 2.62. The van der Waals surface area contributed by atoms with Crippen LogP contribution in [0.2, 0.25) is 0 Å². The fourth-order valence-electron chi connectivity index (χ4n) is 2.82. The Morgan fingerprint density at radius 1 is 1.08 bits per heavy atom. The predicted molar refractivity (Wildman–Crippen MR) is 89.0 cm³/mol. The molecule has 128 valence electrons. The number of aromatic nitrogens is 2. The van der Waals surface area contributed by atoms with Crippen LogP contribution in [-0.2, 0) is 6.54 Å². The van der Waals surface area contributed by atoms with E-state index in [0.29, 0.717) is 18.4 Å². The number of ether oxygens (including phenoxy) is 2. The second kappa shape index (κ2) is 7.44. The fraction of sp³-hybridized carbons (Fsp3) is 0.412. The molecule has 0 aliphatic carbocycles. The van der Waals surface area contributed by atoms with Crippen molar-refractivity contribution >= 4 is 5.95 Å². The highest BCUT2D eigenvalue weighted by Gasteiger charge is 2.20. The molecule has 0 radical (unpaired) electrons. The quantitative estimate of drug-likeness (QED) is 0.834. The molecule has 0 bridgehead atoms. The molecule has 7 heteroatoms. The zero-order valence-electron chi connectivity index (χ0n) is 13.9. The molecule has 0 atom stereocenters. The molecule has 1 aromatic heterocycles. The van der Waals surface area contributed by atoms with Crippen molar-refractivity contribution in [3.63, 3.8) is 0 Å². The largest absolute Gasteiger partial charge is 0.496 e. The molecule has 0 spiro atoms. The highest BCUT2D eigenvalue weighted by Crippen LogP contribution is 2.22. The van der Waals surface area contributed by atoms with Gasteiger partial charge in [-0.05, 0) is 18.2 Å². The SMILES string of the molecule is COc1ccnc(N2CCN(Cc3cc(F)ccc3OC)CC2)n1. The second-order valence-corrected chi connectivity index (χ2v) is 5.62. The Kier molecular flexibility index (Phi) is 5.10. The first-order valence-corrected chi connectivity index (χ1v) is 7.86. The van der Waals surface area contributed by atoms with E-state index in [4.69, 9.17) is 9.47 Å². The van der Waals surface area contributed by atoms with Gasteiger partial charge >= 0.3 is 0 Å². The van der Waals surface area contributed by atoms with Gasteiger partial charge in [0.15, 0.2) is 0 Å². The van der Waals surface area contributed by atoms with Crippen LogP contribution in [0.1, 0.15) is 5.56 Å². The molecule has 1 aliphatic heterocycles. The summed E-state index contributed by atoms with van der Waals surface area (Å²) < 4.78 is 23.9. The van der Waals surface area contributed by atoms with E-state index in [0.717, 1.165) is 37.5 Å². The van der Waals surface area contributed by atoms with Crippen molar-refractivity contribution in [1.82, 2.24) is 14.9 Å². The van der Waals surface area contributed by atoms with Gasteiger partial charge in [0.1, 0.15) is 11.6 Å². The summed E-state index contributed by atoms with van der Waals surface area (Å²) in [7, 11) is 3.20. The van der Waals surface area contributed by atoms with Gasteiger partial charge in [0, 0.05) is 50.6 Å². The third kappa shape index (κ3) is 3.73. The highest BCUT2D eigenvalue weighted by molar-refractivity contribution is 5.35. The maximum absolute atomic E-state index is 13.5. The van der Waals surface area contributed by atoms with E-state index in [2.05, 4.69) is 19.8 Å². The van der Waals surface area contributed by atoms with Gasteiger partial charge in [-0.25, -0.2) is 9.37 Å². The van der Waals surface area contributed by atoms with Gasteiger partial charge in [-0.2, -0.15) is 4.98 Å². The van der Waals surface area contributed by atoms with E-state index < -0.39 is 0 Å². The summed E-state index contributed by atoms with van der Waals surface area (Å²) in [6.45, 7) is 3.98. The van der Waals surface area contributed by atoms with Crippen LogP contribution in [0.5, 0.6) is 11.6 Å². The van der Waals surface area contributed by atoms with E-state index in [1.807, 2.05) is 0 Å². The van der Waals surface area contributed by atoms with Crippen LogP contribution < -0.4 is 14.4 Å². The van der Waals surface area contributed by atoms with Gasteiger partial charge in [0.05, 0.1) is 14.2 Å². The van der Waals surface area contributed by atoms with Crippen molar-refractivity contribution in [2.75, 3.05) is 45.3 Å². The molecule has 1 aliphatic rings. The average molecular weight is 332 g/mol. The van der Waals surface area contributed by atoms with Crippen LogP contribution >= 0.6 is 0 Å². The summed E-state index contributed by atoms with van der Waals surface area (Å²) in [4.78, 5) is 13.1. The lowest BCUT2D eigenvalue weighted by atomic mass is 10.1.